The molecule has 0 radical (unpaired) electrons. The number of anilines is 2. The molecule has 0 amide bonds. The van der Waals surface area contributed by atoms with Gasteiger partial charge < -0.3 is 19.9 Å². The molecular formula is C12H13N3O2. The topological polar surface area (TPSA) is 64.5 Å². The number of nitrogens with zero attached hydrogens (tertiary/aromatic N) is 2. The number of ether oxygens (including phenoxy) is 1. The molecule has 5 heteroatoms. The van der Waals surface area contributed by atoms with Crippen LogP contribution in [0, 0.1) is 0 Å². The van der Waals surface area contributed by atoms with Crippen molar-refractivity contribution < 1.29 is 9.26 Å². The number of nitrogen functional groups attached to an aromatic ring is 1. The van der Waals surface area contributed by atoms with E-state index in [0.29, 0.717) is 12.5 Å². The zero-order valence-corrected chi connectivity index (χ0v) is 9.51. The molecule has 2 aromatic rings. The molecule has 0 saturated carbocycles. The first-order chi connectivity index (χ1) is 8.24. The van der Waals surface area contributed by atoms with E-state index in [1.54, 1.807) is 6.07 Å². The van der Waals surface area contributed by atoms with Gasteiger partial charge in [0.25, 0.3) is 0 Å². The van der Waals surface area contributed by atoms with Gasteiger partial charge in [-0.1, -0.05) is 11.2 Å². The van der Waals surface area contributed by atoms with Gasteiger partial charge in [-0.15, -0.1) is 0 Å². The third kappa shape index (κ3) is 1.69. The molecule has 1 aliphatic rings. The van der Waals surface area contributed by atoms with E-state index in [2.05, 4.69) is 17.1 Å². The Bertz CT molecular complexity index is 550. The molecule has 17 heavy (non-hydrogen) atoms. The molecule has 0 spiro atoms. The first-order valence-electron chi connectivity index (χ1n) is 5.44. The van der Waals surface area contributed by atoms with Gasteiger partial charge in [0.2, 0.25) is 5.88 Å². The lowest BCUT2D eigenvalue weighted by Crippen LogP contribution is -2.28. The second-order valence-electron chi connectivity index (χ2n) is 4.07. The molecule has 0 unspecified atom stereocenters. The zero-order chi connectivity index (χ0) is 11.8. The monoisotopic (exact) mass is 231 g/mol. The van der Waals surface area contributed by atoms with Crippen molar-refractivity contribution in [1.82, 2.24) is 5.16 Å². The second-order valence-corrected chi connectivity index (χ2v) is 4.07. The van der Waals surface area contributed by atoms with Gasteiger partial charge in [0.15, 0.2) is 0 Å². The Kier molecular flexibility index (Phi) is 2.18. The van der Waals surface area contributed by atoms with Gasteiger partial charge >= 0.3 is 0 Å². The molecule has 1 aromatic carbocycles. The third-order valence-electron chi connectivity index (χ3n) is 2.88. The number of rotatable bonds is 1. The quantitative estimate of drug-likeness (QED) is 0.810. The first kappa shape index (κ1) is 10.0. The molecule has 88 valence electrons. The smallest absolute Gasteiger partial charge is 0.222 e. The molecule has 0 aliphatic carbocycles. The van der Waals surface area contributed by atoms with Crippen LogP contribution in [0.5, 0.6) is 5.75 Å². The van der Waals surface area contributed by atoms with Crippen molar-refractivity contribution in [2.24, 2.45) is 0 Å². The normalized spacial score (nSPS) is 14.3. The minimum absolute atomic E-state index is 0.316. The summed E-state index contributed by atoms with van der Waals surface area (Å²) < 4.78 is 10.5. The number of nitrogens with two attached hydrogens (primary N) is 1. The van der Waals surface area contributed by atoms with Gasteiger partial charge in [-0.3, -0.25) is 0 Å². The fourth-order valence-electron chi connectivity index (χ4n) is 1.94. The van der Waals surface area contributed by atoms with E-state index in [9.17, 15) is 0 Å². The molecule has 0 atom stereocenters. The van der Waals surface area contributed by atoms with Crippen molar-refractivity contribution >= 4 is 11.6 Å². The number of likely N-dealkylation sites (N-methyl/N-ethyl adjacent to an activating group) is 1. The van der Waals surface area contributed by atoms with Crippen LogP contribution in [0.2, 0.25) is 0 Å². The fourth-order valence-corrected chi connectivity index (χ4v) is 1.94. The molecule has 0 bridgehead atoms. The molecule has 5 nitrogen and oxygen atoms in total. The SMILES string of the molecule is CN1CCOc2cc(-c3cc(N)on3)ccc21. The van der Waals surface area contributed by atoms with Gasteiger partial charge in [-0.25, -0.2) is 0 Å². The van der Waals surface area contributed by atoms with Crippen LogP contribution < -0.4 is 15.4 Å². The number of fused-ring (bicyclic) bond motifs is 1. The van der Waals surface area contributed by atoms with Gasteiger partial charge in [-0.05, 0) is 12.1 Å². The van der Waals surface area contributed by atoms with E-state index in [0.717, 1.165) is 29.2 Å². The van der Waals surface area contributed by atoms with E-state index in [1.165, 1.54) is 0 Å². The highest BCUT2D eigenvalue weighted by molar-refractivity contribution is 5.70. The van der Waals surface area contributed by atoms with Crippen LogP contribution in [-0.4, -0.2) is 25.4 Å². The van der Waals surface area contributed by atoms with Gasteiger partial charge in [0, 0.05) is 18.7 Å². The fraction of sp³-hybridized carbons (Fsp3) is 0.250. The van der Waals surface area contributed by atoms with Crippen LogP contribution >= 0.6 is 0 Å². The number of benzene rings is 1. The van der Waals surface area contributed by atoms with Crippen molar-refractivity contribution in [2.45, 2.75) is 0 Å². The highest BCUT2D eigenvalue weighted by Gasteiger charge is 2.16. The Hall–Kier alpha value is -2.17. The van der Waals surface area contributed by atoms with Crippen molar-refractivity contribution in [3.8, 4) is 17.0 Å². The van der Waals surface area contributed by atoms with Crippen molar-refractivity contribution in [2.75, 3.05) is 30.8 Å². The van der Waals surface area contributed by atoms with Gasteiger partial charge in [0.05, 0.1) is 12.2 Å². The van der Waals surface area contributed by atoms with Crippen LogP contribution in [0.3, 0.4) is 0 Å². The van der Waals surface area contributed by atoms with E-state index < -0.39 is 0 Å². The third-order valence-corrected chi connectivity index (χ3v) is 2.88. The van der Waals surface area contributed by atoms with E-state index >= 15 is 0 Å². The summed E-state index contributed by atoms with van der Waals surface area (Å²) in [4.78, 5) is 2.17. The van der Waals surface area contributed by atoms with Crippen molar-refractivity contribution in [3.05, 3.63) is 24.3 Å². The molecule has 3 rings (SSSR count). The summed E-state index contributed by atoms with van der Waals surface area (Å²) in [7, 11) is 2.05. The summed E-state index contributed by atoms with van der Waals surface area (Å²) in [6.07, 6.45) is 0. The largest absolute Gasteiger partial charge is 0.490 e. The van der Waals surface area contributed by atoms with Crippen LogP contribution in [0.15, 0.2) is 28.8 Å². The Balaban J connectivity index is 2.03. The maximum atomic E-state index is 5.63. The van der Waals surface area contributed by atoms with E-state index in [4.69, 9.17) is 15.0 Å². The Morgan fingerprint density at radius 2 is 2.24 bits per heavy atom. The maximum Gasteiger partial charge on any atom is 0.222 e. The molecule has 1 aliphatic heterocycles. The lowest BCUT2D eigenvalue weighted by atomic mass is 10.1. The van der Waals surface area contributed by atoms with Crippen molar-refractivity contribution in [3.63, 3.8) is 0 Å². The Morgan fingerprint density at radius 3 is 3.00 bits per heavy atom. The van der Waals surface area contributed by atoms with Crippen LogP contribution in [0.25, 0.3) is 11.3 Å². The van der Waals surface area contributed by atoms with Crippen LogP contribution in [0.4, 0.5) is 11.6 Å². The van der Waals surface area contributed by atoms with Crippen molar-refractivity contribution in [1.29, 1.82) is 0 Å². The second kappa shape index (κ2) is 3.69. The number of aromatic nitrogens is 1. The lowest BCUT2D eigenvalue weighted by molar-refractivity contribution is 0.311. The van der Waals surface area contributed by atoms with Gasteiger partial charge in [-0.2, -0.15) is 0 Å². The molecule has 2 N–H and O–H groups in total. The van der Waals surface area contributed by atoms with E-state index in [-0.39, 0.29) is 0 Å². The molecule has 0 saturated heterocycles. The number of hydrogen-bond donors (Lipinski definition) is 1. The highest BCUT2D eigenvalue weighted by atomic mass is 16.5. The van der Waals surface area contributed by atoms with Gasteiger partial charge in [0.1, 0.15) is 18.1 Å². The summed E-state index contributed by atoms with van der Waals surface area (Å²) in [6.45, 7) is 1.61. The average Bonchev–Trinajstić information content (AvgIpc) is 2.76. The number of hydrogen-bond acceptors (Lipinski definition) is 5. The first-order valence-corrected chi connectivity index (χ1v) is 5.44. The summed E-state index contributed by atoms with van der Waals surface area (Å²) >= 11 is 0. The average molecular weight is 231 g/mol. The zero-order valence-electron chi connectivity index (χ0n) is 9.51. The molecule has 1 aromatic heterocycles. The summed E-state index contributed by atoms with van der Waals surface area (Å²) in [5, 5.41) is 3.88. The van der Waals surface area contributed by atoms with Crippen LogP contribution in [0.1, 0.15) is 0 Å². The van der Waals surface area contributed by atoms with E-state index in [1.807, 2.05) is 18.2 Å². The molecular weight excluding hydrogens is 218 g/mol. The van der Waals surface area contributed by atoms with Crippen LogP contribution in [-0.2, 0) is 0 Å². The lowest BCUT2D eigenvalue weighted by Gasteiger charge is -2.27. The predicted octanol–water partition coefficient (Wildman–Crippen LogP) is 1.75. The highest BCUT2D eigenvalue weighted by Crippen LogP contribution is 2.34. The Morgan fingerprint density at radius 1 is 1.35 bits per heavy atom. The summed E-state index contributed by atoms with van der Waals surface area (Å²) in [5.41, 5.74) is 8.27. The minimum atomic E-state index is 0.316. The molecule has 0 fully saturated rings. The molecule has 2 heterocycles. The Labute approximate surface area is 98.8 Å². The summed E-state index contributed by atoms with van der Waals surface area (Å²) in [6, 6.07) is 7.67. The standard InChI is InChI=1S/C12H13N3O2/c1-15-4-5-16-11-6-8(2-3-10(11)15)9-7-12(13)17-14-9/h2-3,6-7H,4-5,13H2,1H3. The minimum Gasteiger partial charge on any atom is -0.490 e. The predicted molar refractivity (Wildman–Crippen MR) is 65.1 cm³/mol. The maximum absolute atomic E-state index is 5.63. The summed E-state index contributed by atoms with van der Waals surface area (Å²) in [5.74, 6) is 1.19.